The van der Waals surface area contributed by atoms with Crippen LogP contribution in [0.5, 0.6) is 5.75 Å². The van der Waals surface area contributed by atoms with Crippen LogP contribution in [0, 0.1) is 5.92 Å². The topological polar surface area (TPSA) is 50.8 Å². The van der Waals surface area contributed by atoms with Crippen molar-refractivity contribution in [2.75, 3.05) is 39.4 Å². The minimum atomic E-state index is -4.44. The second kappa shape index (κ2) is 9.23. The van der Waals surface area contributed by atoms with Gasteiger partial charge in [0.1, 0.15) is 5.75 Å². The molecule has 0 saturated carbocycles. The molecule has 1 atom stereocenters. The largest absolute Gasteiger partial charge is 0.484 e. The van der Waals surface area contributed by atoms with Crippen molar-refractivity contribution in [3.05, 3.63) is 29.8 Å². The molecule has 1 saturated heterocycles. The lowest BCUT2D eigenvalue weighted by atomic mass is 10.2. The van der Waals surface area contributed by atoms with Crippen molar-refractivity contribution in [3.63, 3.8) is 0 Å². The van der Waals surface area contributed by atoms with E-state index in [1.807, 2.05) is 0 Å². The van der Waals surface area contributed by atoms with Crippen LogP contribution >= 0.6 is 0 Å². The molecule has 1 aromatic carbocycles. The van der Waals surface area contributed by atoms with E-state index in [9.17, 15) is 18.0 Å². The summed E-state index contributed by atoms with van der Waals surface area (Å²) in [5, 5.41) is 2.70. The molecule has 0 bridgehead atoms. The Balaban J connectivity index is 1.74. The molecular weight excluding hydrogens is 349 g/mol. The van der Waals surface area contributed by atoms with Crippen molar-refractivity contribution in [2.45, 2.75) is 26.1 Å². The minimum absolute atomic E-state index is 0.00648. The maximum Gasteiger partial charge on any atom is 0.416 e. The average molecular weight is 374 g/mol. The average Bonchev–Trinajstić information content (AvgIpc) is 2.57. The van der Waals surface area contributed by atoms with Gasteiger partial charge in [-0.2, -0.15) is 13.2 Å². The van der Waals surface area contributed by atoms with Crippen molar-refractivity contribution >= 4 is 5.91 Å². The number of ether oxygens (including phenoxy) is 2. The smallest absolute Gasteiger partial charge is 0.416 e. The number of morpholine rings is 1. The first kappa shape index (κ1) is 20.5. The van der Waals surface area contributed by atoms with Gasteiger partial charge in [0.2, 0.25) is 0 Å². The lowest BCUT2D eigenvalue weighted by Crippen LogP contribution is -2.48. The van der Waals surface area contributed by atoms with Crippen LogP contribution in [0.15, 0.2) is 24.3 Å². The van der Waals surface area contributed by atoms with Crippen LogP contribution in [0.4, 0.5) is 13.2 Å². The second-order valence-corrected chi connectivity index (χ2v) is 6.76. The summed E-state index contributed by atoms with van der Waals surface area (Å²) in [5.41, 5.74) is -0.809. The van der Waals surface area contributed by atoms with E-state index in [1.165, 1.54) is 12.1 Å². The zero-order chi connectivity index (χ0) is 19.2. The van der Waals surface area contributed by atoms with Gasteiger partial charge in [0, 0.05) is 26.2 Å². The molecule has 1 heterocycles. The predicted octanol–water partition coefficient (Wildman–Crippen LogP) is 2.56. The van der Waals surface area contributed by atoms with Crippen LogP contribution in [-0.4, -0.2) is 56.3 Å². The molecular formula is C18H25F3N2O3. The quantitative estimate of drug-likeness (QED) is 0.797. The van der Waals surface area contributed by atoms with Gasteiger partial charge in [-0.3, -0.25) is 9.69 Å². The molecule has 1 aromatic rings. The molecule has 1 fully saturated rings. The number of carbonyl (C=O) groups is 1. The fourth-order valence-corrected chi connectivity index (χ4v) is 2.78. The zero-order valence-electron chi connectivity index (χ0n) is 15.0. The maximum absolute atomic E-state index is 12.7. The SMILES string of the molecule is CC(C)CN1CCOC(CNC(=O)COc2cccc(C(F)(F)F)c2)C1. The number of benzene rings is 1. The second-order valence-electron chi connectivity index (χ2n) is 6.76. The van der Waals surface area contributed by atoms with Gasteiger partial charge < -0.3 is 14.8 Å². The lowest BCUT2D eigenvalue weighted by Gasteiger charge is -2.33. The summed E-state index contributed by atoms with van der Waals surface area (Å²) < 4.78 is 48.7. The molecule has 26 heavy (non-hydrogen) atoms. The molecule has 0 radical (unpaired) electrons. The summed E-state index contributed by atoms with van der Waals surface area (Å²) in [4.78, 5) is 14.2. The molecule has 0 aliphatic carbocycles. The highest BCUT2D eigenvalue weighted by Gasteiger charge is 2.30. The highest BCUT2D eigenvalue weighted by atomic mass is 19.4. The van der Waals surface area contributed by atoms with Crippen LogP contribution in [0.3, 0.4) is 0 Å². The molecule has 0 spiro atoms. The summed E-state index contributed by atoms with van der Waals surface area (Å²) in [7, 11) is 0. The number of nitrogens with one attached hydrogen (secondary N) is 1. The third-order valence-electron chi connectivity index (χ3n) is 3.90. The Kier molecular flexibility index (Phi) is 7.28. The highest BCUT2D eigenvalue weighted by molar-refractivity contribution is 5.77. The van der Waals surface area contributed by atoms with Gasteiger partial charge in [-0.1, -0.05) is 19.9 Å². The number of amides is 1. The van der Waals surface area contributed by atoms with E-state index in [4.69, 9.17) is 9.47 Å². The standard InChI is InChI=1S/C18H25F3N2O3/c1-13(2)10-23-6-7-25-16(11-23)9-22-17(24)12-26-15-5-3-4-14(8-15)18(19,20)21/h3-5,8,13,16H,6-7,9-12H2,1-2H3,(H,22,24). The number of carbonyl (C=O) groups excluding carboxylic acids is 1. The Hall–Kier alpha value is -1.80. The molecule has 1 aliphatic heterocycles. The van der Waals surface area contributed by atoms with Crippen LogP contribution in [-0.2, 0) is 15.7 Å². The van der Waals surface area contributed by atoms with E-state index in [1.54, 1.807) is 0 Å². The molecule has 146 valence electrons. The van der Waals surface area contributed by atoms with Crippen molar-refractivity contribution in [3.8, 4) is 5.75 Å². The first-order valence-electron chi connectivity index (χ1n) is 8.64. The fraction of sp³-hybridized carbons (Fsp3) is 0.611. The summed E-state index contributed by atoms with van der Waals surface area (Å²) in [6.07, 6.45) is -4.54. The number of hydrogen-bond acceptors (Lipinski definition) is 4. The Labute approximate surface area is 151 Å². The fourth-order valence-electron chi connectivity index (χ4n) is 2.78. The first-order valence-corrected chi connectivity index (χ1v) is 8.64. The van der Waals surface area contributed by atoms with Crippen LogP contribution < -0.4 is 10.1 Å². The van der Waals surface area contributed by atoms with Crippen molar-refractivity contribution in [1.29, 1.82) is 0 Å². The molecule has 1 N–H and O–H groups in total. The van der Waals surface area contributed by atoms with E-state index >= 15 is 0 Å². The third kappa shape index (κ3) is 6.84. The molecule has 1 aliphatic rings. The summed E-state index contributed by atoms with van der Waals surface area (Å²) >= 11 is 0. The third-order valence-corrected chi connectivity index (χ3v) is 3.90. The minimum Gasteiger partial charge on any atom is -0.484 e. The Morgan fingerprint density at radius 2 is 2.19 bits per heavy atom. The van der Waals surface area contributed by atoms with Crippen LogP contribution in [0.2, 0.25) is 0 Å². The van der Waals surface area contributed by atoms with Gasteiger partial charge in [-0.25, -0.2) is 0 Å². The van der Waals surface area contributed by atoms with Gasteiger partial charge in [-0.05, 0) is 24.1 Å². The number of nitrogens with zero attached hydrogens (tertiary/aromatic N) is 1. The number of hydrogen-bond donors (Lipinski definition) is 1. The van der Waals surface area contributed by atoms with E-state index < -0.39 is 17.6 Å². The number of rotatable bonds is 7. The summed E-state index contributed by atoms with van der Waals surface area (Å²) in [5.74, 6) is 0.170. The Morgan fingerprint density at radius 1 is 1.42 bits per heavy atom. The van der Waals surface area contributed by atoms with E-state index in [-0.39, 0.29) is 18.5 Å². The maximum atomic E-state index is 12.7. The van der Waals surface area contributed by atoms with E-state index in [0.717, 1.165) is 31.8 Å². The summed E-state index contributed by atoms with van der Waals surface area (Å²) in [6.45, 7) is 7.52. The zero-order valence-corrected chi connectivity index (χ0v) is 15.0. The molecule has 1 unspecified atom stereocenters. The van der Waals surface area contributed by atoms with Crippen molar-refractivity contribution in [2.24, 2.45) is 5.92 Å². The van der Waals surface area contributed by atoms with E-state index in [2.05, 4.69) is 24.1 Å². The normalized spacial score (nSPS) is 18.8. The number of alkyl halides is 3. The van der Waals surface area contributed by atoms with Crippen LogP contribution in [0.1, 0.15) is 19.4 Å². The molecule has 5 nitrogen and oxygen atoms in total. The molecule has 0 aromatic heterocycles. The molecule has 2 rings (SSSR count). The predicted molar refractivity (Wildman–Crippen MR) is 91.0 cm³/mol. The van der Waals surface area contributed by atoms with Gasteiger partial charge in [-0.15, -0.1) is 0 Å². The lowest BCUT2D eigenvalue weighted by molar-refractivity contribution is -0.137. The molecule has 1 amide bonds. The van der Waals surface area contributed by atoms with Gasteiger partial charge >= 0.3 is 6.18 Å². The van der Waals surface area contributed by atoms with Gasteiger partial charge in [0.05, 0.1) is 18.3 Å². The molecule has 8 heteroatoms. The van der Waals surface area contributed by atoms with Crippen LogP contribution in [0.25, 0.3) is 0 Å². The van der Waals surface area contributed by atoms with E-state index in [0.29, 0.717) is 19.1 Å². The number of halogens is 3. The van der Waals surface area contributed by atoms with Gasteiger partial charge in [0.25, 0.3) is 5.91 Å². The van der Waals surface area contributed by atoms with Crippen molar-refractivity contribution in [1.82, 2.24) is 10.2 Å². The highest BCUT2D eigenvalue weighted by Crippen LogP contribution is 2.31. The summed E-state index contributed by atoms with van der Waals surface area (Å²) in [6, 6.07) is 4.46. The Morgan fingerprint density at radius 3 is 2.88 bits per heavy atom. The first-order chi connectivity index (χ1) is 12.2. The Bertz CT molecular complexity index is 593. The van der Waals surface area contributed by atoms with Crippen molar-refractivity contribution < 1.29 is 27.4 Å². The van der Waals surface area contributed by atoms with Gasteiger partial charge in [0.15, 0.2) is 6.61 Å². The monoisotopic (exact) mass is 374 g/mol.